The Labute approximate surface area is 154 Å². The number of aliphatic hydroxyl groups excluding tert-OH is 1. The van der Waals surface area contributed by atoms with Crippen molar-refractivity contribution in [1.82, 2.24) is 0 Å². The van der Waals surface area contributed by atoms with Crippen LogP contribution in [0.3, 0.4) is 0 Å². The van der Waals surface area contributed by atoms with Gasteiger partial charge >= 0.3 is 12.4 Å². The first-order valence-electron chi connectivity index (χ1n) is 9.41. The maximum absolute atomic E-state index is 13.9. The first-order valence-corrected chi connectivity index (χ1v) is 9.41. The Kier molecular flexibility index (Phi) is 5.30. The Morgan fingerprint density at radius 2 is 1.44 bits per heavy atom. The van der Waals surface area contributed by atoms with Crippen molar-refractivity contribution in [1.29, 1.82) is 0 Å². The molecule has 3 fully saturated rings. The molecule has 3 nitrogen and oxygen atoms in total. The smallest absolute Gasteiger partial charge is 0.392 e. The van der Waals surface area contributed by atoms with Crippen molar-refractivity contribution < 1.29 is 40.9 Å². The van der Waals surface area contributed by atoms with Crippen LogP contribution in [0.25, 0.3) is 0 Å². The standard InChI is InChI=1S/C18H26F6O3/c1-4-26-7-27-16(17(19,20)21,18(22,23)24)13-6-12-10-5-11(9(3)8(10)2)14(12)15(13)25/h8-15,25H,4-7H2,1-3H3. The molecule has 0 aromatic heterocycles. The van der Waals surface area contributed by atoms with E-state index >= 15 is 0 Å². The predicted octanol–water partition coefficient (Wildman–Crippen LogP) is 4.40. The zero-order chi connectivity index (χ0) is 20.4. The van der Waals surface area contributed by atoms with Crippen molar-refractivity contribution in [2.24, 2.45) is 41.4 Å². The lowest BCUT2D eigenvalue weighted by Gasteiger charge is -2.43. The Balaban J connectivity index is 1.98. The minimum Gasteiger partial charge on any atom is -0.392 e. The fourth-order valence-corrected chi connectivity index (χ4v) is 6.21. The Hall–Kier alpha value is -0.540. The molecule has 0 saturated heterocycles. The monoisotopic (exact) mass is 404 g/mol. The van der Waals surface area contributed by atoms with Gasteiger partial charge in [-0.2, -0.15) is 26.3 Å². The highest BCUT2D eigenvalue weighted by Crippen LogP contribution is 2.67. The summed E-state index contributed by atoms with van der Waals surface area (Å²) in [7, 11) is 0. The average molecular weight is 404 g/mol. The maximum atomic E-state index is 13.9. The van der Waals surface area contributed by atoms with E-state index in [4.69, 9.17) is 0 Å². The molecule has 3 aliphatic carbocycles. The van der Waals surface area contributed by atoms with Crippen LogP contribution in [0.5, 0.6) is 0 Å². The molecule has 0 spiro atoms. The fourth-order valence-electron chi connectivity index (χ4n) is 6.21. The van der Waals surface area contributed by atoms with Crippen LogP contribution >= 0.6 is 0 Å². The van der Waals surface area contributed by atoms with Crippen molar-refractivity contribution in [3.05, 3.63) is 0 Å². The molecule has 27 heavy (non-hydrogen) atoms. The molecule has 3 saturated carbocycles. The number of ether oxygens (including phenoxy) is 2. The Morgan fingerprint density at radius 1 is 0.889 bits per heavy atom. The lowest BCUT2D eigenvalue weighted by Crippen LogP contribution is -2.65. The average Bonchev–Trinajstić information content (AvgIpc) is 3.14. The first kappa shape index (κ1) is 21.2. The van der Waals surface area contributed by atoms with E-state index in [0.29, 0.717) is 0 Å². The van der Waals surface area contributed by atoms with Gasteiger partial charge in [-0.15, -0.1) is 0 Å². The fraction of sp³-hybridized carbons (Fsp3) is 1.00. The maximum Gasteiger partial charge on any atom is 0.426 e. The summed E-state index contributed by atoms with van der Waals surface area (Å²) in [5.74, 6) is -2.53. The summed E-state index contributed by atoms with van der Waals surface area (Å²) in [5, 5.41) is 10.7. The third-order valence-electron chi connectivity index (χ3n) is 7.53. The summed E-state index contributed by atoms with van der Waals surface area (Å²) >= 11 is 0. The number of rotatable bonds is 5. The van der Waals surface area contributed by atoms with Crippen LogP contribution in [-0.2, 0) is 9.47 Å². The van der Waals surface area contributed by atoms with Crippen molar-refractivity contribution in [2.45, 2.75) is 57.7 Å². The minimum atomic E-state index is -5.72. The van der Waals surface area contributed by atoms with Crippen molar-refractivity contribution in [2.75, 3.05) is 13.4 Å². The molecule has 0 heterocycles. The molecule has 2 bridgehead atoms. The van der Waals surface area contributed by atoms with Crippen molar-refractivity contribution in [3.63, 3.8) is 0 Å². The van der Waals surface area contributed by atoms with Gasteiger partial charge in [0.05, 0.1) is 6.10 Å². The van der Waals surface area contributed by atoms with Crippen LogP contribution in [0.15, 0.2) is 0 Å². The van der Waals surface area contributed by atoms with E-state index in [1.807, 2.05) is 13.8 Å². The Bertz CT molecular complexity index is 534. The van der Waals surface area contributed by atoms with Crippen molar-refractivity contribution in [3.8, 4) is 0 Å². The molecule has 1 N–H and O–H groups in total. The summed E-state index contributed by atoms with van der Waals surface area (Å²) in [6.45, 7) is 4.20. The normalized spacial score (nSPS) is 42.0. The molecular weight excluding hydrogens is 378 g/mol. The predicted molar refractivity (Wildman–Crippen MR) is 83.4 cm³/mol. The summed E-state index contributed by atoms with van der Waals surface area (Å²) in [6, 6.07) is 0. The van der Waals surface area contributed by atoms with Crippen LogP contribution in [0.2, 0.25) is 0 Å². The summed E-state index contributed by atoms with van der Waals surface area (Å²) < 4.78 is 92.2. The zero-order valence-corrected chi connectivity index (χ0v) is 15.5. The summed E-state index contributed by atoms with van der Waals surface area (Å²) in [6.07, 6.45) is -12.7. The molecule has 0 aliphatic heterocycles. The lowest BCUT2D eigenvalue weighted by molar-refractivity contribution is -0.413. The number of alkyl halides is 6. The van der Waals surface area contributed by atoms with Gasteiger partial charge in [0.1, 0.15) is 6.79 Å². The second-order valence-corrected chi connectivity index (χ2v) is 8.34. The van der Waals surface area contributed by atoms with Gasteiger partial charge < -0.3 is 14.6 Å². The second kappa shape index (κ2) is 6.76. The van der Waals surface area contributed by atoms with E-state index in [0.717, 1.165) is 6.42 Å². The third-order valence-corrected chi connectivity index (χ3v) is 7.53. The molecule has 0 radical (unpaired) electrons. The quantitative estimate of drug-likeness (QED) is 0.420. The van der Waals surface area contributed by atoms with Crippen LogP contribution < -0.4 is 0 Å². The largest absolute Gasteiger partial charge is 0.426 e. The summed E-state index contributed by atoms with van der Waals surface area (Å²) in [5.41, 5.74) is -4.43. The third kappa shape index (κ3) is 2.90. The highest BCUT2D eigenvalue weighted by Gasteiger charge is 2.79. The number of halogens is 6. The molecule has 0 aromatic carbocycles. The molecule has 0 aromatic rings. The number of aliphatic hydroxyl groups is 1. The van der Waals surface area contributed by atoms with E-state index in [1.54, 1.807) is 0 Å². The molecule has 8 atom stereocenters. The van der Waals surface area contributed by atoms with Gasteiger partial charge in [-0.3, -0.25) is 0 Å². The molecule has 158 valence electrons. The van der Waals surface area contributed by atoms with Crippen LogP contribution in [-0.4, -0.2) is 42.6 Å². The van der Waals surface area contributed by atoms with E-state index < -0.39 is 42.7 Å². The SMILES string of the molecule is CCOCOC(C1CC2C3CC(C(C)C3C)C2C1O)(C(F)(F)F)C(F)(F)F. The minimum absolute atomic E-state index is 0.0407. The number of hydrogen-bond donors (Lipinski definition) is 1. The van der Waals surface area contributed by atoms with Gasteiger partial charge in [-0.1, -0.05) is 13.8 Å². The molecule has 3 rings (SSSR count). The highest BCUT2D eigenvalue weighted by molar-refractivity contribution is 5.15. The molecule has 0 amide bonds. The van der Waals surface area contributed by atoms with Crippen LogP contribution in [0, 0.1) is 41.4 Å². The van der Waals surface area contributed by atoms with E-state index in [-0.39, 0.29) is 42.6 Å². The van der Waals surface area contributed by atoms with E-state index in [1.165, 1.54) is 6.92 Å². The zero-order valence-electron chi connectivity index (χ0n) is 15.5. The van der Waals surface area contributed by atoms with Crippen molar-refractivity contribution >= 4 is 0 Å². The lowest BCUT2D eigenvalue weighted by atomic mass is 9.70. The molecule has 8 unspecified atom stereocenters. The summed E-state index contributed by atoms with van der Waals surface area (Å²) in [4.78, 5) is 0. The van der Waals surface area contributed by atoms with E-state index in [2.05, 4.69) is 9.47 Å². The van der Waals surface area contributed by atoms with Gasteiger partial charge in [0.25, 0.3) is 5.60 Å². The first-order chi connectivity index (χ1) is 12.4. The van der Waals surface area contributed by atoms with Gasteiger partial charge in [0, 0.05) is 12.5 Å². The second-order valence-electron chi connectivity index (χ2n) is 8.34. The Morgan fingerprint density at radius 3 is 1.96 bits per heavy atom. The van der Waals surface area contributed by atoms with E-state index in [9.17, 15) is 31.4 Å². The highest BCUT2D eigenvalue weighted by atomic mass is 19.4. The topological polar surface area (TPSA) is 38.7 Å². The molecule has 3 aliphatic rings. The molecule has 9 heteroatoms. The van der Waals surface area contributed by atoms with Crippen LogP contribution in [0.4, 0.5) is 26.3 Å². The van der Waals surface area contributed by atoms with Gasteiger partial charge in [-0.05, 0) is 55.3 Å². The number of fused-ring (bicyclic) bond motifs is 5. The van der Waals surface area contributed by atoms with Gasteiger partial charge in [0.15, 0.2) is 0 Å². The number of hydrogen-bond acceptors (Lipinski definition) is 3. The molecular formula is C18H26F6O3. The van der Waals surface area contributed by atoms with Gasteiger partial charge in [-0.25, -0.2) is 0 Å². The van der Waals surface area contributed by atoms with Gasteiger partial charge in [0.2, 0.25) is 0 Å². The van der Waals surface area contributed by atoms with Crippen LogP contribution in [0.1, 0.15) is 33.6 Å².